The predicted octanol–water partition coefficient (Wildman–Crippen LogP) is -2.11. The van der Waals surface area contributed by atoms with Gasteiger partial charge >= 0.3 is 35.5 Å². The van der Waals surface area contributed by atoms with E-state index in [-0.39, 0.29) is 36.5 Å². The molecule has 2 N–H and O–H groups in total. The molecule has 0 aliphatic rings. The van der Waals surface area contributed by atoms with Gasteiger partial charge in [0.1, 0.15) is 5.75 Å². The molecule has 0 fully saturated rings. The average Bonchev–Trinajstić information content (AvgIpc) is 2.02. The fraction of sp³-hybridized carbons (Fsp3) is 0.125. The summed E-state index contributed by atoms with van der Waals surface area (Å²) in [5.74, 6) is -1.59. The number of rotatable bonds is 3. The average molecular weight is 240 g/mol. The van der Waals surface area contributed by atoms with Gasteiger partial charge in [0.15, 0.2) is 0 Å². The Bertz CT molecular complexity index is 442. The van der Waals surface area contributed by atoms with Gasteiger partial charge in [-0.1, -0.05) is 12.1 Å². The van der Waals surface area contributed by atoms with E-state index in [1.807, 2.05) is 0 Å². The Kier molecular flexibility index (Phi) is 5.47. The molecule has 1 aromatic rings. The van der Waals surface area contributed by atoms with Crippen molar-refractivity contribution in [2.24, 2.45) is 0 Å². The largest absolute Gasteiger partial charge is 1.00 e. The van der Waals surface area contributed by atoms with Gasteiger partial charge in [-0.05, 0) is 17.7 Å². The van der Waals surface area contributed by atoms with Crippen molar-refractivity contribution in [2.45, 2.75) is 5.75 Å². The third-order valence-electron chi connectivity index (χ3n) is 1.55. The van der Waals surface area contributed by atoms with Gasteiger partial charge in [0, 0.05) is 0 Å². The first-order valence-corrected chi connectivity index (χ1v) is 5.27. The van der Waals surface area contributed by atoms with E-state index in [9.17, 15) is 13.2 Å². The fourth-order valence-corrected chi connectivity index (χ4v) is 1.57. The zero-order chi connectivity index (χ0) is 10.8. The number of hydrogen-bond acceptors (Lipinski definition) is 3. The molecular formula is C8H9NaO5S. The fourth-order valence-electron chi connectivity index (χ4n) is 0.954. The Morgan fingerprint density at radius 3 is 2.07 bits per heavy atom. The third kappa shape index (κ3) is 5.29. The minimum Gasteiger partial charge on any atom is -1.00 e. The van der Waals surface area contributed by atoms with Crippen LogP contribution in [0.3, 0.4) is 0 Å². The molecule has 15 heavy (non-hydrogen) atoms. The van der Waals surface area contributed by atoms with Crippen molar-refractivity contribution in [3.05, 3.63) is 35.4 Å². The molecule has 0 atom stereocenters. The van der Waals surface area contributed by atoms with Gasteiger partial charge in [0.05, 0.1) is 5.56 Å². The quantitative estimate of drug-likeness (QED) is 0.466. The number of carboxylic acid groups (broad SMARTS) is 1. The number of hydrogen-bond donors (Lipinski definition) is 2. The molecule has 0 spiro atoms. The van der Waals surface area contributed by atoms with E-state index in [0.29, 0.717) is 5.56 Å². The van der Waals surface area contributed by atoms with Crippen molar-refractivity contribution >= 4 is 16.1 Å². The molecule has 78 valence electrons. The first-order chi connectivity index (χ1) is 6.38. The molecule has 0 aromatic heterocycles. The summed E-state index contributed by atoms with van der Waals surface area (Å²) in [5, 5.41) is 8.54. The van der Waals surface area contributed by atoms with Gasteiger partial charge in [-0.25, -0.2) is 4.79 Å². The standard InChI is InChI=1S/C8H8O5S.Na.H/c9-8(10)7-3-1-6(2-4-7)5-14(11,12)13;;/h1-4H,5H2,(H,9,10)(H,11,12,13);;/q;+1;-1. The van der Waals surface area contributed by atoms with E-state index >= 15 is 0 Å². The molecule has 1 rings (SSSR count). The molecular weight excluding hydrogens is 231 g/mol. The summed E-state index contributed by atoms with van der Waals surface area (Å²) in [6, 6.07) is 5.25. The van der Waals surface area contributed by atoms with Crippen LogP contribution >= 0.6 is 0 Å². The van der Waals surface area contributed by atoms with Crippen LogP contribution in [0.4, 0.5) is 0 Å². The van der Waals surface area contributed by atoms with Crippen LogP contribution in [0.2, 0.25) is 0 Å². The minimum atomic E-state index is -4.06. The molecule has 0 aliphatic heterocycles. The summed E-state index contributed by atoms with van der Waals surface area (Å²) in [6.45, 7) is 0. The zero-order valence-electron chi connectivity index (χ0n) is 9.04. The van der Waals surface area contributed by atoms with Crippen LogP contribution in [0, 0.1) is 0 Å². The Balaban J connectivity index is 0. The maximum absolute atomic E-state index is 10.5. The first-order valence-electron chi connectivity index (χ1n) is 3.66. The van der Waals surface area contributed by atoms with Crippen molar-refractivity contribution in [2.75, 3.05) is 0 Å². The van der Waals surface area contributed by atoms with E-state index < -0.39 is 21.8 Å². The van der Waals surface area contributed by atoms with Gasteiger partial charge in [0.2, 0.25) is 0 Å². The van der Waals surface area contributed by atoms with E-state index in [0.717, 1.165) is 0 Å². The summed E-state index contributed by atoms with van der Waals surface area (Å²) in [6.07, 6.45) is 0. The number of benzene rings is 1. The van der Waals surface area contributed by atoms with Crippen LogP contribution < -0.4 is 29.6 Å². The van der Waals surface area contributed by atoms with Crippen molar-refractivity contribution in [1.29, 1.82) is 0 Å². The van der Waals surface area contributed by atoms with Crippen molar-refractivity contribution in [3.63, 3.8) is 0 Å². The van der Waals surface area contributed by atoms with Crippen LogP contribution in [-0.2, 0) is 15.9 Å². The SMILES string of the molecule is O=C(O)c1ccc(CS(=O)(=O)O)cc1.[H-].[Na+]. The Labute approximate surface area is 111 Å². The Morgan fingerprint density at radius 1 is 1.27 bits per heavy atom. The van der Waals surface area contributed by atoms with Gasteiger partial charge in [0.25, 0.3) is 10.1 Å². The van der Waals surface area contributed by atoms with Crippen molar-refractivity contribution in [3.8, 4) is 0 Å². The summed E-state index contributed by atoms with van der Waals surface area (Å²) in [5.41, 5.74) is 0.418. The normalized spacial score (nSPS) is 10.5. The molecule has 0 saturated carbocycles. The van der Waals surface area contributed by atoms with E-state index in [1.54, 1.807) is 0 Å². The first kappa shape index (κ1) is 14.6. The molecule has 0 bridgehead atoms. The monoisotopic (exact) mass is 240 g/mol. The maximum atomic E-state index is 10.5. The summed E-state index contributed by atoms with van der Waals surface area (Å²) in [4.78, 5) is 10.4. The van der Waals surface area contributed by atoms with Crippen LogP contribution in [0.15, 0.2) is 24.3 Å². The molecule has 5 nitrogen and oxygen atoms in total. The molecule has 0 radical (unpaired) electrons. The van der Waals surface area contributed by atoms with Crippen LogP contribution in [0.25, 0.3) is 0 Å². The van der Waals surface area contributed by atoms with E-state index in [2.05, 4.69) is 0 Å². The molecule has 0 amide bonds. The molecule has 1 aromatic carbocycles. The topological polar surface area (TPSA) is 91.7 Å². The minimum absolute atomic E-state index is 0. The molecule has 7 heteroatoms. The van der Waals surface area contributed by atoms with Gasteiger partial charge in [-0.2, -0.15) is 8.42 Å². The second-order valence-corrected chi connectivity index (χ2v) is 4.18. The Morgan fingerprint density at radius 2 is 1.73 bits per heavy atom. The van der Waals surface area contributed by atoms with Gasteiger partial charge < -0.3 is 6.53 Å². The second-order valence-electron chi connectivity index (χ2n) is 2.73. The third-order valence-corrected chi connectivity index (χ3v) is 2.25. The van der Waals surface area contributed by atoms with Crippen molar-refractivity contribution < 1.29 is 53.9 Å². The van der Waals surface area contributed by atoms with Gasteiger partial charge in [-0.3, -0.25) is 4.55 Å². The molecule has 0 aliphatic carbocycles. The Hall–Kier alpha value is -0.400. The van der Waals surface area contributed by atoms with Crippen molar-refractivity contribution in [1.82, 2.24) is 0 Å². The number of carbonyl (C=O) groups is 1. The second kappa shape index (κ2) is 5.62. The van der Waals surface area contributed by atoms with Crippen LogP contribution in [0.5, 0.6) is 0 Å². The van der Waals surface area contributed by atoms with Crippen LogP contribution in [-0.4, -0.2) is 24.0 Å². The maximum Gasteiger partial charge on any atom is 1.00 e. The van der Waals surface area contributed by atoms with E-state index in [4.69, 9.17) is 9.66 Å². The number of carboxylic acids is 1. The molecule has 0 unspecified atom stereocenters. The number of aromatic carboxylic acids is 1. The zero-order valence-corrected chi connectivity index (χ0v) is 10.9. The van der Waals surface area contributed by atoms with E-state index in [1.165, 1.54) is 24.3 Å². The molecule has 0 heterocycles. The van der Waals surface area contributed by atoms with Gasteiger partial charge in [-0.15, -0.1) is 0 Å². The summed E-state index contributed by atoms with van der Waals surface area (Å²) >= 11 is 0. The summed E-state index contributed by atoms with van der Waals surface area (Å²) in [7, 11) is -4.06. The summed E-state index contributed by atoms with van der Waals surface area (Å²) < 4.78 is 29.4. The molecule has 0 saturated heterocycles. The smallest absolute Gasteiger partial charge is 1.00 e. The predicted molar refractivity (Wildman–Crippen MR) is 49.8 cm³/mol. The van der Waals surface area contributed by atoms with Crippen LogP contribution in [0.1, 0.15) is 17.3 Å².